The van der Waals surface area contributed by atoms with E-state index < -0.39 is 5.41 Å². The number of hydrogen-bond acceptors (Lipinski definition) is 0. The second-order valence-electron chi connectivity index (χ2n) is 14.7. The fourth-order valence-corrected chi connectivity index (χ4v) is 10.1. The van der Waals surface area contributed by atoms with Crippen molar-refractivity contribution < 1.29 is 0 Å². The van der Waals surface area contributed by atoms with Crippen LogP contribution >= 0.6 is 0 Å². The molecule has 0 saturated carbocycles. The molecule has 0 heteroatoms. The largest absolute Gasteiger partial charge is 0.0725 e. The Kier molecular flexibility index (Phi) is 5.80. The predicted molar refractivity (Wildman–Crippen MR) is 224 cm³/mol. The van der Waals surface area contributed by atoms with Crippen LogP contribution in [0.5, 0.6) is 0 Å². The third-order valence-corrected chi connectivity index (χ3v) is 12.2. The minimum Gasteiger partial charge on any atom is -0.0622 e. The highest BCUT2D eigenvalue weighted by Crippen LogP contribution is 2.64. The normalized spacial score (nSPS) is 13.4. The van der Waals surface area contributed by atoms with Crippen LogP contribution in [0, 0.1) is 0 Å². The maximum atomic E-state index is 2.55. The molecule has 12 rings (SSSR count). The van der Waals surface area contributed by atoms with Crippen LogP contribution in [0.3, 0.4) is 0 Å². The van der Waals surface area contributed by atoms with E-state index in [0.29, 0.717) is 0 Å². The fraction of sp³-hybridized carbons (Fsp3) is 0.0189. The predicted octanol–water partition coefficient (Wildman–Crippen LogP) is 14.0. The summed E-state index contributed by atoms with van der Waals surface area (Å²) in [5.41, 5.74) is 15.4. The molecule has 10 aromatic carbocycles. The summed E-state index contributed by atoms with van der Waals surface area (Å²) in [4.78, 5) is 0. The van der Waals surface area contributed by atoms with Gasteiger partial charge in [0.1, 0.15) is 0 Å². The first-order valence-corrected chi connectivity index (χ1v) is 18.6. The molecule has 53 heavy (non-hydrogen) atoms. The molecule has 0 unspecified atom stereocenters. The fourth-order valence-electron chi connectivity index (χ4n) is 10.1. The third-order valence-electron chi connectivity index (χ3n) is 12.2. The highest BCUT2D eigenvalue weighted by Gasteiger charge is 2.51. The Balaban J connectivity index is 1.22. The zero-order chi connectivity index (χ0) is 34.7. The summed E-state index contributed by atoms with van der Waals surface area (Å²) in [5.74, 6) is 0. The molecule has 0 fully saturated rings. The van der Waals surface area contributed by atoms with E-state index in [1.54, 1.807) is 0 Å². The van der Waals surface area contributed by atoms with Gasteiger partial charge in [-0.2, -0.15) is 0 Å². The maximum Gasteiger partial charge on any atom is 0.0725 e. The average molecular weight is 669 g/mol. The molecule has 0 amide bonds. The van der Waals surface area contributed by atoms with E-state index in [1.165, 1.54) is 110 Å². The van der Waals surface area contributed by atoms with E-state index in [2.05, 4.69) is 194 Å². The maximum absolute atomic E-state index is 2.55. The van der Waals surface area contributed by atoms with Gasteiger partial charge in [-0.15, -0.1) is 0 Å². The highest BCUT2D eigenvalue weighted by molar-refractivity contribution is 6.20. The van der Waals surface area contributed by atoms with E-state index >= 15 is 0 Å². The van der Waals surface area contributed by atoms with Gasteiger partial charge in [-0.3, -0.25) is 0 Å². The van der Waals surface area contributed by atoms with Crippen LogP contribution in [0.15, 0.2) is 194 Å². The van der Waals surface area contributed by atoms with Crippen molar-refractivity contribution in [1.29, 1.82) is 0 Å². The number of benzene rings is 10. The molecule has 0 heterocycles. The van der Waals surface area contributed by atoms with Gasteiger partial charge in [0, 0.05) is 0 Å². The number of fused-ring (bicyclic) bond motifs is 15. The summed E-state index contributed by atoms with van der Waals surface area (Å²) in [5, 5.41) is 10.3. The van der Waals surface area contributed by atoms with E-state index in [4.69, 9.17) is 0 Å². The molecule has 0 saturated heterocycles. The lowest BCUT2D eigenvalue weighted by Crippen LogP contribution is -2.25. The summed E-state index contributed by atoms with van der Waals surface area (Å²) in [6.07, 6.45) is 0. The van der Waals surface area contributed by atoms with Crippen LogP contribution in [-0.4, -0.2) is 0 Å². The molecule has 2 aliphatic rings. The highest BCUT2D eigenvalue weighted by atomic mass is 14.5. The molecule has 0 nitrogen and oxygen atoms in total. The molecule has 0 aromatic heterocycles. The lowest BCUT2D eigenvalue weighted by Gasteiger charge is -2.31. The van der Waals surface area contributed by atoms with Crippen molar-refractivity contribution in [3.63, 3.8) is 0 Å². The first-order valence-electron chi connectivity index (χ1n) is 18.6. The number of rotatable bonds is 2. The van der Waals surface area contributed by atoms with Crippen molar-refractivity contribution >= 4 is 43.1 Å². The summed E-state index contributed by atoms with van der Waals surface area (Å²) >= 11 is 0. The van der Waals surface area contributed by atoms with Crippen molar-refractivity contribution in [1.82, 2.24) is 0 Å². The summed E-state index contributed by atoms with van der Waals surface area (Å²) < 4.78 is 0. The Morgan fingerprint density at radius 3 is 1.66 bits per heavy atom. The number of hydrogen-bond donors (Lipinski definition) is 0. The van der Waals surface area contributed by atoms with Gasteiger partial charge in [0.2, 0.25) is 0 Å². The molecule has 2 aliphatic carbocycles. The van der Waals surface area contributed by atoms with Crippen LogP contribution in [0.1, 0.15) is 22.3 Å². The van der Waals surface area contributed by atoms with Gasteiger partial charge in [-0.05, 0) is 134 Å². The minimum atomic E-state index is -0.447. The van der Waals surface area contributed by atoms with Gasteiger partial charge in [-0.25, -0.2) is 0 Å². The van der Waals surface area contributed by atoms with Crippen molar-refractivity contribution in [2.45, 2.75) is 5.41 Å². The molecule has 0 aliphatic heterocycles. The van der Waals surface area contributed by atoms with Crippen molar-refractivity contribution in [3.8, 4) is 44.5 Å². The van der Waals surface area contributed by atoms with E-state index in [-0.39, 0.29) is 0 Å². The van der Waals surface area contributed by atoms with Crippen LogP contribution < -0.4 is 0 Å². The van der Waals surface area contributed by atoms with Crippen LogP contribution in [0.25, 0.3) is 87.6 Å². The van der Waals surface area contributed by atoms with Crippen molar-refractivity contribution in [2.75, 3.05) is 0 Å². The molecular formula is C53H32. The van der Waals surface area contributed by atoms with Crippen LogP contribution in [0.2, 0.25) is 0 Å². The lowest BCUT2D eigenvalue weighted by atomic mass is 9.70. The second kappa shape index (κ2) is 10.6. The van der Waals surface area contributed by atoms with E-state index in [0.717, 1.165) is 0 Å². The zero-order valence-corrected chi connectivity index (χ0v) is 29.0. The Morgan fingerprint density at radius 2 is 0.849 bits per heavy atom. The molecule has 0 bridgehead atoms. The molecular weight excluding hydrogens is 637 g/mol. The summed E-state index contributed by atoms with van der Waals surface area (Å²) in [6.45, 7) is 0. The quantitative estimate of drug-likeness (QED) is 0.127. The Morgan fingerprint density at radius 1 is 0.245 bits per heavy atom. The molecule has 1 spiro atoms. The molecule has 10 aromatic rings. The van der Waals surface area contributed by atoms with Gasteiger partial charge in [0.15, 0.2) is 0 Å². The summed E-state index contributed by atoms with van der Waals surface area (Å²) in [7, 11) is 0. The van der Waals surface area contributed by atoms with Crippen LogP contribution in [0.4, 0.5) is 0 Å². The Labute approximate surface area is 308 Å². The van der Waals surface area contributed by atoms with Gasteiger partial charge >= 0.3 is 0 Å². The second-order valence-corrected chi connectivity index (χ2v) is 14.7. The zero-order valence-electron chi connectivity index (χ0n) is 29.0. The topological polar surface area (TPSA) is 0 Å². The molecule has 0 N–H and O–H groups in total. The van der Waals surface area contributed by atoms with Gasteiger partial charge in [-0.1, -0.05) is 170 Å². The lowest BCUT2D eigenvalue weighted by molar-refractivity contribution is 0.795. The van der Waals surface area contributed by atoms with E-state index in [1.807, 2.05) is 0 Å². The molecule has 244 valence electrons. The monoisotopic (exact) mass is 668 g/mol. The first-order chi connectivity index (χ1) is 26.3. The SMILES string of the molecule is c1ccc(-c2cccc3cc4c(cc23)-c2ccc(-c3c5ccccc5cc5c3ccc3ccccc35)cc2C42c3ccccc3-c3ccccc32)cc1. The van der Waals surface area contributed by atoms with Gasteiger partial charge < -0.3 is 0 Å². The standard InChI is InChI=1S/C53H32/c1-2-13-33(14-3-1)38-22-12-17-36-30-51-47(32-45(36)38)43-27-26-37(31-50(43)53(51)48-23-10-8-20-41(48)42-21-9-11-24-49(42)53)52-40-19-7-5-16-35(40)29-46-39-18-6-4-15-34(39)25-28-44(46)52/h1-32H. The van der Waals surface area contributed by atoms with Gasteiger partial charge in [0.05, 0.1) is 5.41 Å². The molecule has 0 atom stereocenters. The first kappa shape index (κ1) is 28.9. The Bertz CT molecular complexity index is 3120. The van der Waals surface area contributed by atoms with Crippen molar-refractivity contribution in [3.05, 3.63) is 216 Å². The average Bonchev–Trinajstić information content (AvgIpc) is 3.68. The molecule has 0 radical (unpaired) electrons. The van der Waals surface area contributed by atoms with E-state index in [9.17, 15) is 0 Å². The Hall–Kier alpha value is -6.76. The van der Waals surface area contributed by atoms with Crippen molar-refractivity contribution in [2.24, 2.45) is 0 Å². The third kappa shape index (κ3) is 3.80. The van der Waals surface area contributed by atoms with Crippen LogP contribution in [-0.2, 0) is 5.41 Å². The summed E-state index contributed by atoms with van der Waals surface area (Å²) in [6, 6.07) is 73.0. The smallest absolute Gasteiger partial charge is 0.0622 e. The van der Waals surface area contributed by atoms with Gasteiger partial charge in [0.25, 0.3) is 0 Å². The minimum absolute atomic E-state index is 0.447.